The number of hydrogen-bond acceptors (Lipinski definition) is 1. The van der Waals surface area contributed by atoms with E-state index in [1.807, 2.05) is 19.9 Å². The van der Waals surface area contributed by atoms with Crippen molar-refractivity contribution in [2.75, 3.05) is 0 Å². The van der Waals surface area contributed by atoms with Crippen molar-refractivity contribution in [3.05, 3.63) is 196 Å². The molecule has 304 valence electrons. The van der Waals surface area contributed by atoms with Gasteiger partial charge in [-0.2, -0.15) is 0 Å². The SMILES string of the molecule is C1CCC1.C=C/C=C(\C=C/C)c1cc(C)cc(C2=CCCC=C2)c1.C=N/C(=C\C(CCC)c1ccc(C(=C/C)/C(C)=C\C)c(C)c1)c1ccc(C(/C=C\C)=C/C)cc1. The predicted molar refractivity (Wildman–Crippen MR) is 263 cm³/mol. The molecule has 58 heavy (non-hydrogen) atoms. The van der Waals surface area contributed by atoms with Gasteiger partial charge in [0, 0.05) is 5.92 Å². The molecular weight excluding hydrogens is 699 g/mol. The van der Waals surface area contributed by atoms with Crippen molar-refractivity contribution >= 4 is 34.7 Å². The van der Waals surface area contributed by atoms with Gasteiger partial charge in [-0.05, 0) is 160 Å². The molecule has 1 heteroatoms. The molecule has 0 aliphatic heterocycles. The minimum atomic E-state index is 0.295. The number of benzene rings is 3. The van der Waals surface area contributed by atoms with Crippen LogP contribution in [0.2, 0.25) is 0 Å². The second kappa shape index (κ2) is 25.9. The quantitative estimate of drug-likeness (QED) is 0.114. The Labute approximate surface area is 354 Å². The minimum Gasteiger partial charge on any atom is -0.264 e. The summed E-state index contributed by atoms with van der Waals surface area (Å²) in [4.78, 5) is 4.42. The molecule has 0 heterocycles. The molecular formula is C57H71N. The molecule has 3 aromatic rings. The van der Waals surface area contributed by atoms with Crippen LogP contribution in [0.3, 0.4) is 0 Å². The Bertz CT molecular complexity index is 2070. The van der Waals surface area contributed by atoms with Gasteiger partial charge < -0.3 is 0 Å². The first-order chi connectivity index (χ1) is 28.2. The van der Waals surface area contributed by atoms with Gasteiger partial charge in [0.1, 0.15) is 0 Å². The fraction of sp³-hybridized carbons (Fsp3) is 0.316. The molecule has 1 atom stereocenters. The molecule has 1 nitrogen and oxygen atoms in total. The van der Waals surface area contributed by atoms with Crippen molar-refractivity contribution in [1.29, 1.82) is 0 Å². The van der Waals surface area contributed by atoms with Gasteiger partial charge in [0.2, 0.25) is 0 Å². The number of allylic oxidation sites excluding steroid dienone is 18. The summed E-state index contributed by atoms with van der Waals surface area (Å²) >= 11 is 0. The highest BCUT2D eigenvalue weighted by atomic mass is 14.7. The molecule has 5 rings (SSSR count). The molecule has 1 unspecified atom stereocenters. The Kier molecular flexibility index (Phi) is 21.0. The van der Waals surface area contributed by atoms with Crippen LogP contribution in [0.5, 0.6) is 0 Å². The van der Waals surface area contributed by atoms with Crippen LogP contribution in [-0.4, -0.2) is 6.72 Å². The molecule has 3 aromatic carbocycles. The zero-order valence-electron chi connectivity index (χ0n) is 37.4. The highest BCUT2D eigenvalue weighted by Crippen LogP contribution is 2.33. The van der Waals surface area contributed by atoms with E-state index in [-0.39, 0.29) is 0 Å². The van der Waals surface area contributed by atoms with Gasteiger partial charge >= 0.3 is 0 Å². The molecule has 0 N–H and O–H groups in total. The zero-order valence-corrected chi connectivity index (χ0v) is 37.4. The maximum absolute atomic E-state index is 4.42. The molecule has 2 aliphatic carbocycles. The highest BCUT2D eigenvalue weighted by molar-refractivity contribution is 5.82. The Hall–Kier alpha value is -5.27. The molecule has 1 saturated carbocycles. The van der Waals surface area contributed by atoms with E-state index in [2.05, 4.69) is 200 Å². The third-order valence-corrected chi connectivity index (χ3v) is 10.8. The lowest BCUT2D eigenvalue weighted by molar-refractivity contribution is 0.504. The maximum Gasteiger partial charge on any atom is 0.0661 e. The molecule has 0 spiro atoms. The number of aryl methyl sites for hydroxylation is 2. The van der Waals surface area contributed by atoms with E-state index in [4.69, 9.17) is 0 Å². The van der Waals surface area contributed by atoms with Gasteiger partial charge in [0.25, 0.3) is 0 Å². The third kappa shape index (κ3) is 14.3. The summed E-state index contributed by atoms with van der Waals surface area (Å²) in [5.74, 6) is 0.295. The number of nitrogens with zero attached hydrogens (tertiary/aromatic N) is 1. The van der Waals surface area contributed by atoms with Crippen molar-refractivity contribution in [2.24, 2.45) is 4.99 Å². The molecule has 0 aromatic heterocycles. The van der Waals surface area contributed by atoms with Crippen LogP contribution >= 0.6 is 0 Å². The van der Waals surface area contributed by atoms with Gasteiger partial charge in [0.05, 0.1) is 5.70 Å². The van der Waals surface area contributed by atoms with E-state index < -0.39 is 0 Å². The Morgan fingerprint density at radius 2 is 1.43 bits per heavy atom. The molecule has 0 saturated heterocycles. The fourth-order valence-electron chi connectivity index (χ4n) is 7.18. The van der Waals surface area contributed by atoms with Crippen LogP contribution in [0.4, 0.5) is 0 Å². The smallest absolute Gasteiger partial charge is 0.0661 e. The summed E-state index contributed by atoms with van der Waals surface area (Å²) in [6.07, 6.45) is 38.4. The summed E-state index contributed by atoms with van der Waals surface area (Å²) in [5.41, 5.74) is 17.4. The fourth-order valence-corrected chi connectivity index (χ4v) is 7.18. The Morgan fingerprint density at radius 1 is 0.759 bits per heavy atom. The van der Waals surface area contributed by atoms with Crippen molar-refractivity contribution in [3.8, 4) is 0 Å². The topological polar surface area (TPSA) is 12.4 Å². The van der Waals surface area contributed by atoms with E-state index in [1.54, 1.807) is 0 Å². The second-order valence-electron chi connectivity index (χ2n) is 15.2. The maximum atomic E-state index is 4.42. The lowest BCUT2D eigenvalue weighted by atomic mass is 9.87. The molecule has 2 aliphatic rings. The van der Waals surface area contributed by atoms with Crippen LogP contribution in [0.1, 0.15) is 150 Å². The van der Waals surface area contributed by atoms with E-state index in [1.165, 1.54) is 92.5 Å². The van der Waals surface area contributed by atoms with Crippen molar-refractivity contribution in [2.45, 2.75) is 120 Å². The molecule has 1 fully saturated rings. The van der Waals surface area contributed by atoms with Crippen LogP contribution in [-0.2, 0) is 0 Å². The van der Waals surface area contributed by atoms with Gasteiger partial charge in [0.15, 0.2) is 0 Å². The average molecular weight is 770 g/mol. The van der Waals surface area contributed by atoms with E-state index in [0.717, 1.165) is 36.9 Å². The van der Waals surface area contributed by atoms with Crippen molar-refractivity contribution in [1.82, 2.24) is 0 Å². The second-order valence-corrected chi connectivity index (χ2v) is 15.2. The monoisotopic (exact) mass is 770 g/mol. The standard InChI is InChI=1S/C33H41N.C20H22.C4H8/c1-9-14-26(12-4)27-16-18-28(19-17-27)33(34-8)23-29(15-10-2)30-20-21-32(25(7)22-30)31(13-5)24(6)11-3;1-4-9-17(10-5-2)19-13-16(3)14-20(15-19)18-11-7-6-8-12-18;1-2-4-3-1/h9,11-14,16-23,29H,8,10,15H2,1-7H3;4-5,7,9-15H,1,6,8H2,2-3H3;1-4H2/b14-9-,24-11-,26-12+,31-13+,33-23-;10-5-,17-9+;. The molecule has 0 amide bonds. The number of hydrogen-bond donors (Lipinski definition) is 0. The van der Waals surface area contributed by atoms with Crippen molar-refractivity contribution < 1.29 is 0 Å². The minimum absolute atomic E-state index is 0.295. The van der Waals surface area contributed by atoms with E-state index in [9.17, 15) is 0 Å². The Morgan fingerprint density at radius 3 is 1.95 bits per heavy atom. The predicted octanol–water partition coefficient (Wildman–Crippen LogP) is 17.4. The molecule has 0 bridgehead atoms. The lowest BCUT2D eigenvalue weighted by Gasteiger charge is -2.18. The van der Waals surface area contributed by atoms with Crippen LogP contribution in [0.25, 0.3) is 28.0 Å². The van der Waals surface area contributed by atoms with Gasteiger partial charge in [-0.1, -0.05) is 179 Å². The largest absolute Gasteiger partial charge is 0.264 e. The first-order valence-corrected chi connectivity index (χ1v) is 21.6. The van der Waals surface area contributed by atoms with Crippen LogP contribution in [0, 0.1) is 13.8 Å². The first-order valence-electron chi connectivity index (χ1n) is 21.6. The van der Waals surface area contributed by atoms with E-state index in [0.29, 0.717) is 5.92 Å². The summed E-state index contributed by atoms with van der Waals surface area (Å²) in [5, 5.41) is 0. The molecule has 0 radical (unpaired) electrons. The normalized spacial score (nSPS) is 15.5. The van der Waals surface area contributed by atoms with Gasteiger partial charge in [-0.3, -0.25) is 4.99 Å². The number of aliphatic imine (C=N–C) groups is 1. The summed E-state index contributed by atoms with van der Waals surface area (Å²) in [6, 6.07) is 22.3. The van der Waals surface area contributed by atoms with E-state index >= 15 is 0 Å². The van der Waals surface area contributed by atoms with Crippen molar-refractivity contribution in [3.63, 3.8) is 0 Å². The highest BCUT2D eigenvalue weighted by Gasteiger charge is 2.14. The first kappa shape index (κ1) is 47.1. The summed E-state index contributed by atoms with van der Waals surface area (Å²) < 4.78 is 0. The van der Waals surface area contributed by atoms with Gasteiger partial charge in [-0.15, -0.1) is 0 Å². The average Bonchev–Trinajstić information content (AvgIpc) is 3.22. The summed E-state index contributed by atoms with van der Waals surface area (Å²) in [7, 11) is 0. The zero-order chi connectivity index (χ0) is 42.3. The lowest BCUT2D eigenvalue weighted by Crippen LogP contribution is -2.00. The Balaban J connectivity index is 0.000000313. The number of rotatable bonds is 14. The van der Waals surface area contributed by atoms with Crippen LogP contribution in [0.15, 0.2) is 157 Å². The third-order valence-electron chi connectivity index (χ3n) is 10.8. The van der Waals surface area contributed by atoms with Crippen LogP contribution < -0.4 is 0 Å². The summed E-state index contributed by atoms with van der Waals surface area (Å²) in [6.45, 7) is 26.9. The van der Waals surface area contributed by atoms with Gasteiger partial charge in [-0.25, -0.2) is 0 Å².